The van der Waals surface area contributed by atoms with E-state index < -0.39 is 29.0 Å². The maximum Gasteiger partial charge on any atom is 0.416 e. The van der Waals surface area contributed by atoms with Gasteiger partial charge in [0, 0.05) is 6.54 Å². The van der Waals surface area contributed by atoms with Crippen LogP contribution >= 0.6 is 0 Å². The largest absolute Gasteiger partial charge is 0.416 e. The molecule has 0 aromatic heterocycles. The fourth-order valence-corrected chi connectivity index (χ4v) is 3.28. The van der Waals surface area contributed by atoms with Gasteiger partial charge < -0.3 is 5.32 Å². The van der Waals surface area contributed by atoms with E-state index in [0.29, 0.717) is 30.5 Å². The quantitative estimate of drug-likeness (QED) is 0.795. The van der Waals surface area contributed by atoms with E-state index in [2.05, 4.69) is 17.4 Å². The zero-order chi connectivity index (χ0) is 18.0. The van der Waals surface area contributed by atoms with Crippen LogP contribution in [0, 0.1) is 5.82 Å². The van der Waals surface area contributed by atoms with E-state index in [1.165, 1.54) is 11.1 Å². The maximum absolute atomic E-state index is 13.7. The molecule has 1 N–H and O–H groups in total. The minimum Gasteiger partial charge on any atom is -0.352 e. The van der Waals surface area contributed by atoms with Crippen molar-refractivity contribution >= 4 is 5.91 Å². The van der Waals surface area contributed by atoms with E-state index in [9.17, 15) is 22.4 Å². The van der Waals surface area contributed by atoms with E-state index in [0.717, 1.165) is 12.8 Å². The number of aryl methyl sites for hydroxylation is 1. The molecule has 0 aliphatic heterocycles. The third-order valence-corrected chi connectivity index (χ3v) is 4.57. The molecule has 6 heteroatoms. The molecule has 1 aliphatic carbocycles. The van der Waals surface area contributed by atoms with Crippen molar-refractivity contribution in [1.29, 1.82) is 0 Å². The highest BCUT2D eigenvalue weighted by atomic mass is 19.4. The van der Waals surface area contributed by atoms with Gasteiger partial charge in [0.2, 0.25) is 0 Å². The third-order valence-electron chi connectivity index (χ3n) is 4.57. The molecule has 2 nitrogen and oxygen atoms in total. The van der Waals surface area contributed by atoms with Crippen LogP contribution in [-0.2, 0) is 12.6 Å². The van der Waals surface area contributed by atoms with Crippen molar-refractivity contribution in [2.75, 3.05) is 6.54 Å². The first-order chi connectivity index (χ1) is 11.9. The fourth-order valence-electron chi connectivity index (χ4n) is 3.28. The van der Waals surface area contributed by atoms with Crippen LogP contribution in [-0.4, -0.2) is 12.5 Å². The van der Waals surface area contributed by atoms with Crippen molar-refractivity contribution in [2.24, 2.45) is 0 Å². The zero-order valence-electron chi connectivity index (χ0n) is 13.4. The normalized spacial score (nSPS) is 16.6. The molecule has 0 heterocycles. The standard InChI is InChI=1S/C19H17F4NO/c20-17-8-7-14(19(21,22)23)11-16(17)18(25)24-10-9-13-6-5-12-3-1-2-4-15(12)13/h1-4,7-8,11,13H,5-6,9-10H2,(H,24,25). The topological polar surface area (TPSA) is 29.1 Å². The van der Waals surface area contributed by atoms with Crippen molar-refractivity contribution in [3.8, 4) is 0 Å². The van der Waals surface area contributed by atoms with E-state index in [4.69, 9.17) is 0 Å². The van der Waals surface area contributed by atoms with Crippen LogP contribution in [0.25, 0.3) is 0 Å². The lowest BCUT2D eigenvalue weighted by Gasteiger charge is -2.13. The Kier molecular flexibility index (Phi) is 4.79. The Hall–Kier alpha value is -2.37. The molecule has 0 saturated heterocycles. The molecule has 25 heavy (non-hydrogen) atoms. The molecular weight excluding hydrogens is 334 g/mol. The number of amides is 1. The molecule has 0 spiro atoms. The van der Waals surface area contributed by atoms with E-state index in [-0.39, 0.29) is 6.54 Å². The molecule has 3 rings (SSSR count). The molecule has 1 aliphatic rings. The second kappa shape index (κ2) is 6.86. The smallest absolute Gasteiger partial charge is 0.352 e. The summed E-state index contributed by atoms with van der Waals surface area (Å²) < 4.78 is 51.8. The Morgan fingerprint density at radius 3 is 2.68 bits per heavy atom. The van der Waals surface area contributed by atoms with Crippen LogP contribution in [0.4, 0.5) is 17.6 Å². The lowest BCUT2D eigenvalue weighted by Crippen LogP contribution is -2.26. The van der Waals surface area contributed by atoms with Gasteiger partial charge in [0.1, 0.15) is 5.82 Å². The van der Waals surface area contributed by atoms with Crippen molar-refractivity contribution in [3.05, 3.63) is 70.5 Å². The van der Waals surface area contributed by atoms with E-state index in [1.54, 1.807) is 0 Å². The average molecular weight is 351 g/mol. The first-order valence-electron chi connectivity index (χ1n) is 8.09. The van der Waals surface area contributed by atoms with E-state index in [1.807, 2.05) is 12.1 Å². The van der Waals surface area contributed by atoms with Gasteiger partial charge in [0.25, 0.3) is 5.91 Å². The maximum atomic E-state index is 13.7. The number of benzene rings is 2. The van der Waals surface area contributed by atoms with Crippen LogP contribution in [0.5, 0.6) is 0 Å². The highest BCUT2D eigenvalue weighted by molar-refractivity contribution is 5.94. The Labute approximate surface area is 142 Å². The van der Waals surface area contributed by atoms with Gasteiger partial charge in [-0.1, -0.05) is 24.3 Å². The minimum atomic E-state index is -4.61. The molecule has 132 valence electrons. The molecule has 2 aromatic carbocycles. The molecule has 0 radical (unpaired) electrons. The van der Waals surface area contributed by atoms with Crippen molar-refractivity contribution in [2.45, 2.75) is 31.4 Å². The Balaban J connectivity index is 1.62. The minimum absolute atomic E-state index is 0.285. The molecule has 0 saturated carbocycles. The lowest BCUT2D eigenvalue weighted by atomic mass is 9.98. The highest BCUT2D eigenvalue weighted by Gasteiger charge is 2.32. The summed E-state index contributed by atoms with van der Waals surface area (Å²) in [6.45, 7) is 0.285. The Bertz CT molecular complexity index is 785. The number of alkyl halides is 3. The number of carbonyl (C=O) groups is 1. The first-order valence-corrected chi connectivity index (χ1v) is 8.09. The van der Waals surface area contributed by atoms with Gasteiger partial charge in [0.15, 0.2) is 0 Å². The molecule has 1 unspecified atom stereocenters. The molecule has 1 atom stereocenters. The Morgan fingerprint density at radius 2 is 1.92 bits per heavy atom. The first kappa shape index (κ1) is 17.5. The van der Waals surface area contributed by atoms with Gasteiger partial charge in [-0.3, -0.25) is 4.79 Å². The summed E-state index contributed by atoms with van der Waals surface area (Å²) in [5.74, 6) is -1.48. The number of nitrogens with one attached hydrogen (secondary N) is 1. The summed E-state index contributed by atoms with van der Waals surface area (Å²) in [7, 11) is 0. The number of fused-ring (bicyclic) bond motifs is 1. The van der Waals surface area contributed by atoms with Gasteiger partial charge >= 0.3 is 6.18 Å². The zero-order valence-corrected chi connectivity index (χ0v) is 13.4. The number of carbonyl (C=O) groups excluding carboxylic acids is 1. The van der Waals surface area contributed by atoms with Crippen molar-refractivity contribution in [3.63, 3.8) is 0 Å². The van der Waals surface area contributed by atoms with Gasteiger partial charge in [-0.25, -0.2) is 4.39 Å². The number of halogens is 4. The molecule has 2 aromatic rings. The van der Waals surface area contributed by atoms with Gasteiger partial charge in [-0.15, -0.1) is 0 Å². The molecule has 0 bridgehead atoms. The SMILES string of the molecule is O=C(NCCC1CCc2ccccc21)c1cc(C(F)(F)F)ccc1F. The number of rotatable bonds is 4. The average Bonchev–Trinajstić information content (AvgIpc) is 2.97. The second-order valence-electron chi connectivity index (χ2n) is 6.17. The predicted molar refractivity (Wildman–Crippen MR) is 85.9 cm³/mol. The van der Waals surface area contributed by atoms with Gasteiger partial charge in [0.05, 0.1) is 11.1 Å². The summed E-state index contributed by atoms with van der Waals surface area (Å²) in [5.41, 5.74) is 0.926. The summed E-state index contributed by atoms with van der Waals surface area (Å²) in [5, 5.41) is 2.53. The molecular formula is C19H17F4NO. The summed E-state index contributed by atoms with van der Waals surface area (Å²) in [6, 6.07) is 9.93. The fraction of sp³-hybridized carbons (Fsp3) is 0.316. The summed E-state index contributed by atoms with van der Waals surface area (Å²) in [6.07, 6.45) is -1.98. The van der Waals surface area contributed by atoms with Crippen LogP contribution in [0.2, 0.25) is 0 Å². The van der Waals surface area contributed by atoms with Crippen molar-refractivity contribution < 1.29 is 22.4 Å². The lowest BCUT2D eigenvalue weighted by molar-refractivity contribution is -0.137. The van der Waals surface area contributed by atoms with Gasteiger partial charge in [-0.05, 0) is 54.5 Å². The van der Waals surface area contributed by atoms with Crippen LogP contribution in [0.1, 0.15) is 45.8 Å². The summed E-state index contributed by atoms with van der Waals surface area (Å²) in [4.78, 5) is 12.0. The molecule has 0 fully saturated rings. The number of hydrogen-bond acceptors (Lipinski definition) is 1. The highest BCUT2D eigenvalue weighted by Crippen LogP contribution is 2.35. The molecule has 1 amide bonds. The monoisotopic (exact) mass is 351 g/mol. The Morgan fingerprint density at radius 1 is 1.16 bits per heavy atom. The van der Waals surface area contributed by atoms with Crippen LogP contribution < -0.4 is 5.32 Å². The van der Waals surface area contributed by atoms with Gasteiger partial charge in [-0.2, -0.15) is 13.2 Å². The van der Waals surface area contributed by atoms with Crippen molar-refractivity contribution in [1.82, 2.24) is 5.32 Å². The second-order valence-corrected chi connectivity index (χ2v) is 6.17. The number of hydrogen-bond donors (Lipinski definition) is 1. The summed E-state index contributed by atoms with van der Waals surface area (Å²) >= 11 is 0. The van der Waals surface area contributed by atoms with E-state index >= 15 is 0 Å². The van der Waals surface area contributed by atoms with Crippen LogP contribution in [0.15, 0.2) is 42.5 Å². The third kappa shape index (κ3) is 3.83. The predicted octanol–water partition coefficient (Wildman–Crippen LogP) is 4.69. The van der Waals surface area contributed by atoms with Crippen LogP contribution in [0.3, 0.4) is 0 Å².